The van der Waals surface area contributed by atoms with Crippen LogP contribution in [0.5, 0.6) is 0 Å². The molecule has 63 heavy (non-hydrogen) atoms. The van der Waals surface area contributed by atoms with E-state index in [9.17, 15) is 24.2 Å². The standard InChI is InChI=1S/C53H98NO8P/c1-3-5-7-9-11-13-15-17-19-21-23-24-25-26-28-30-32-34-36-38-40-42-44-46-53(57)60-49-51(55)50-62-63(58,59)61-48-47-54-52(56)45-43-41-39-37-35-33-31-29-27-22-20-18-16-14-12-10-8-6-4-2/h11,13,17,19,23-24,26,28,51,55H,3-10,12,14-16,18,20-22,25,27,29-50H2,1-2H3,(H,54,56)(H,58,59)/b13-11-,19-17-,24-23-,28-26-. The van der Waals surface area contributed by atoms with Gasteiger partial charge in [0.15, 0.2) is 0 Å². The van der Waals surface area contributed by atoms with Crippen LogP contribution in [0.2, 0.25) is 0 Å². The molecule has 0 saturated heterocycles. The molecule has 9 nitrogen and oxygen atoms in total. The van der Waals surface area contributed by atoms with Crippen LogP contribution in [-0.2, 0) is 27.9 Å². The van der Waals surface area contributed by atoms with E-state index in [-0.39, 0.29) is 32.1 Å². The Bertz CT molecular complexity index is 1170. The van der Waals surface area contributed by atoms with Gasteiger partial charge in [0.25, 0.3) is 0 Å². The number of phosphoric ester groups is 1. The zero-order valence-electron chi connectivity index (χ0n) is 40.8. The van der Waals surface area contributed by atoms with Gasteiger partial charge in [-0.15, -0.1) is 0 Å². The molecule has 2 atom stereocenters. The van der Waals surface area contributed by atoms with Crippen molar-refractivity contribution in [1.82, 2.24) is 5.32 Å². The number of unbranched alkanes of at least 4 members (excludes halogenated alkanes) is 28. The quantitative estimate of drug-likeness (QED) is 0.0238. The topological polar surface area (TPSA) is 131 Å². The van der Waals surface area contributed by atoms with E-state index < -0.39 is 26.5 Å². The fourth-order valence-corrected chi connectivity index (χ4v) is 8.06. The molecule has 2 unspecified atom stereocenters. The molecule has 0 aromatic carbocycles. The average Bonchev–Trinajstić information content (AvgIpc) is 3.27. The highest BCUT2D eigenvalue weighted by Gasteiger charge is 2.23. The van der Waals surface area contributed by atoms with E-state index in [0.29, 0.717) is 6.42 Å². The monoisotopic (exact) mass is 908 g/mol. The van der Waals surface area contributed by atoms with Gasteiger partial charge in [-0.05, 0) is 57.8 Å². The number of carbonyl (C=O) groups is 2. The first-order valence-corrected chi connectivity index (χ1v) is 27.6. The average molecular weight is 908 g/mol. The molecule has 0 bridgehead atoms. The molecule has 0 saturated carbocycles. The number of hydrogen-bond acceptors (Lipinski definition) is 7. The molecule has 0 rings (SSSR count). The minimum Gasteiger partial charge on any atom is -0.463 e. The Hall–Kier alpha value is -2.03. The molecule has 0 fully saturated rings. The summed E-state index contributed by atoms with van der Waals surface area (Å²) in [4.78, 5) is 34.1. The SMILES string of the molecule is CCCCC/C=C\C/C=C\C/C=C\C/C=C\CCCCCCCCCC(=O)OCC(O)COP(=O)(O)OCCNC(=O)CCCCCCCCCCCCCCCCCCCCC. The number of esters is 1. The predicted molar refractivity (Wildman–Crippen MR) is 266 cm³/mol. The summed E-state index contributed by atoms with van der Waals surface area (Å²) in [6.07, 6.45) is 59.0. The Balaban J connectivity index is 3.57. The van der Waals surface area contributed by atoms with Crippen molar-refractivity contribution in [2.45, 2.75) is 251 Å². The van der Waals surface area contributed by atoms with Gasteiger partial charge in [0.05, 0.1) is 13.2 Å². The molecule has 0 radical (unpaired) electrons. The number of nitrogens with one attached hydrogen (secondary N) is 1. The molecule has 0 heterocycles. The molecule has 0 aliphatic carbocycles. The number of hydrogen-bond donors (Lipinski definition) is 3. The van der Waals surface area contributed by atoms with Crippen LogP contribution in [0, 0.1) is 0 Å². The Kier molecular flexibility index (Phi) is 47.8. The van der Waals surface area contributed by atoms with Crippen molar-refractivity contribution >= 4 is 19.7 Å². The van der Waals surface area contributed by atoms with E-state index in [2.05, 4.69) is 67.8 Å². The molecule has 10 heteroatoms. The summed E-state index contributed by atoms with van der Waals surface area (Å²) in [5, 5.41) is 12.8. The second-order valence-corrected chi connectivity index (χ2v) is 19.0. The zero-order chi connectivity index (χ0) is 46.0. The lowest BCUT2D eigenvalue weighted by molar-refractivity contribution is -0.147. The first kappa shape index (κ1) is 61.0. The molecule has 0 aliphatic heterocycles. The van der Waals surface area contributed by atoms with Crippen LogP contribution in [0.25, 0.3) is 0 Å². The van der Waals surface area contributed by atoms with Gasteiger partial charge < -0.3 is 20.1 Å². The van der Waals surface area contributed by atoms with E-state index in [4.69, 9.17) is 13.8 Å². The second-order valence-electron chi connectivity index (χ2n) is 17.5. The summed E-state index contributed by atoms with van der Waals surface area (Å²) in [5.74, 6) is -0.520. The molecule has 3 N–H and O–H groups in total. The van der Waals surface area contributed by atoms with Crippen LogP contribution in [-0.4, -0.2) is 54.3 Å². The number of phosphoric acid groups is 1. The Labute approximate surface area is 387 Å². The van der Waals surface area contributed by atoms with Crippen molar-refractivity contribution in [2.75, 3.05) is 26.4 Å². The van der Waals surface area contributed by atoms with Gasteiger partial charge in [-0.3, -0.25) is 18.6 Å². The molecule has 0 aromatic heterocycles. The van der Waals surface area contributed by atoms with Crippen molar-refractivity contribution < 1.29 is 37.9 Å². The van der Waals surface area contributed by atoms with Crippen LogP contribution in [0.15, 0.2) is 48.6 Å². The number of allylic oxidation sites excluding steroid dienone is 8. The number of rotatable bonds is 49. The van der Waals surface area contributed by atoms with Crippen molar-refractivity contribution in [2.24, 2.45) is 0 Å². The van der Waals surface area contributed by atoms with Crippen molar-refractivity contribution in [3.63, 3.8) is 0 Å². The fourth-order valence-electron chi connectivity index (χ4n) is 7.31. The van der Waals surface area contributed by atoms with Crippen LogP contribution >= 0.6 is 7.82 Å². The summed E-state index contributed by atoms with van der Waals surface area (Å²) < 4.78 is 27.0. The highest BCUT2D eigenvalue weighted by Crippen LogP contribution is 2.42. The molecule has 1 amide bonds. The van der Waals surface area contributed by atoms with E-state index in [1.807, 2.05) is 0 Å². The lowest BCUT2D eigenvalue weighted by atomic mass is 10.0. The van der Waals surface area contributed by atoms with Gasteiger partial charge in [-0.1, -0.05) is 223 Å². The summed E-state index contributed by atoms with van der Waals surface area (Å²) in [7, 11) is -4.43. The summed E-state index contributed by atoms with van der Waals surface area (Å²) in [6.45, 7) is 3.55. The lowest BCUT2D eigenvalue weighted by Gasteiger charge is -2.15. The van der Waals surface area contributed by atoms with Crippen LogP contribution in [0.3, 0.4) is 0 Å². The summed E-state index contributed by atoms with van der Waals surface area (Å²) >= 11 is 0. The molecular weight excluding hydrogens is 810 g/mol. The van der Waals surface area contributed by atoms with E-state index in [1.54, 1.807) is 0 Å². The largest absolute Gasteiger partial charge is 0.472 e. The highest BCUT2D eigenvalue weighted by molar-refractivity contribution is 7.47. The number of ether oxygens (including phenoxy) is 1. The third-order valence-corrected chi connectivity index (χ3v) is 12.2. The van der Waals surface area contributed by atoms with Crippen molar-refractivity contribution in [3.8, 4) is 0 Å². The number of aliphatic hydroxyl groups excluding tert-OH is 1. The van der Waals surface area contributed by atoms with Crippen LogP contribution in [0.1, 0.15) is 245 Å². The van der Waals surface area contributed by atoms with Crippen molar-refractivity contribution in [3.05, 3.63) is 48.6 Å². The van der Waals surface area contributed by atoms with Gasteiger partial charge in [0, 0.05) is 19.4 Å². The lowest BCUT2D eigenvalue weighted by Crippen LogP contribution is -2.27. The van der Waals surface area contributed by atoms with E-state index >= 15 is 0 Å². The second kappa shape index (κ2) is 49.4. The van der Waals surface area contributed by atoms with Gasteiger partial charge in [0.2, 0.25) is 5.91 Å². The fraction of sp³-hybridized carbons (Fsp3) is 0.811. The minimum absolute atomic E-state index is 0.0821. The van der Waals surface area contributed by atoms with Gasteiger partial charge >= 0.3 is 13.8 Å². The maximum atomic E-state index is 12.2. The Morgan fingerprint density at radius 1 is 0.492 bits per heavy atom. The normalized spacial score (nSPS) is 13.5. The first-order valence-electron chi connectivity index (χ1n) is 26.1. The maximum Gasteiger partial charge on any atom is 0.472 e. The number of aliphatic hydroxyl groups is 1. The zero-order valence-corrected chi connectivity index (χ0v) is 41.7. The Morgan fingerprint density at radius 2 is 0.857 bits per heavy atom. The summed E-state index contributed by atoms with van der Waals surface area (Å²) in [6, 6.07) is 0. The Morgan fingerprint density at radius 3 is 1.32 bits per heavy atom. The van der Waals surface area contributed by atoms with Gasteiger partial charge in [-0.2, -0.15) is 0 Å². The first-order chi connectivity index (χ1) is 30.8. The predicted octanol–water partition coefficient (Wildman–Crippen LogP) is 15.4. The highest BCUT2D eigenvalue weighted by atomic mass is 31.2. The molecule has 368 valence electrons. The minimum atomic E-state index is -4.43. The molecule has 0 aromatic rings. The molecular formula is C53H98NO8P. The summed E-state index contributed by atoms with van der Waals surface area (Å²) in [5.41, 5.74) is 0. The molecule has 0 aliphatic rings. The van der Waals surface area contributed by atoms with Gasteiger partial charge in [-0.25, -0.2) is 4.57 Å². The van der Waals surface area contributed by atoms with Crippen molar-refractivity contribution in [1.29, 1.82) is 0 Å². The van der Waals surface area contributed by atoms with Gasteiger partial charge in [0.1, 0.15) is 12.7 Å². The number of amides is 1. The van der Waals surface area contributed by atoms with Crippen LogP contribution in [0.4, 0.5) is 0 Å². The molecule has 0 spiro atoms. The van der Waals surface area contributed by atoms with E-state index in [1.165, 1.54) is 148 Å². The maximum absolute atomic E-state index is 12.2. The third-order valence-electron chi connectivity index (χ3n) is 11.3. The smallest absolute Gasteiger partial charge is 0.463 e. The van der Waals surface area contributed by atoms with Crippen LogP contribution < -0.4 is 5.32 Å². The number of carbonyl (C=O) groups excluding carboxylic acids is 2. The third kappa shape index (κ3) is 50.8. The van der Waals surface area contributed by atoms with E-state index in [0.717, 1.165) is 70.6 Å².